The number of alkyl halides is 8. The molecule has 0 radical (unpaired) electrons. The molecule has 0 aromatic rings. The van der Waals surface area contributed by atoms with E-state index in [1.165, 1.54) is 0 Å². The normalized spacial score (nSPS) is 15.9. The van der Waals surface area contributed by atoms with Gasteiger partial charge in [-0.15, -0.1) is 0 Å². The second-order valence-electron chi connectivity index (χ2n) is 2.17. The molecule has 15 heavy (non-hydrogen) atoms. The van der Waals surface area contributed by atoms with Crippen LogP contribution >= 0.6 is 11.6 Å². The average Bonchev–Trinajstić information content (AvgIpc) is 2.01. The fraction of sp³-hybridized carbons (Fsp3) is 0.800. The quantitative estimate of drug-likeness (QED) is 0.574. The SMILES string of the molecule is N#CC(F)(F)C(F)(F)OC(F)(F)C(F)Cl. The van der Waals surface area contributed by atoms with Crippen LogP contribution in [0.15, 0.2) is 0 Å². The molecule has 0 aliphatic heterocycles. The first kappa shape index (κ1) is 14.2. The van der Waals surface area contributed by atoms with Gasteiger partial charge in [0.1, 0.15) is 6.07 Å². The largest absolute Gasteiger partial charge is 0.438 e. The van der Waals surface area contributed by atoms with E-state index >= 15 is 0 Å². The Labute approximate surface area is 83.2 Å². The van der Waals surface area contributed by atoms with E-state index in [-0.39, 0.29) is 6.07 Å². The van der Waals surface area contributed by atoms with Gasteiger partial charge in [-0.2, -0.15) is 31.6 Å². The van der Waals surface area contributed by atoms with Gasteiger partial charge in [-0.25, -0.2) is 9.13 Å². The third-order valence-corrected chi connectivity index (χ3v) is 1.28. The zero-order chi connectivity index (χ0) is 12.5. The van der Waals surface area contributed by atoms with E-state index in [1.54, 1.807) is 0 Å². The number of nitriles is 1. The fourth-order valence-electron chi connectivity index (χ4n) is 0.345. The Balaban J connectivity index is 4.89. The number of halogens is 8. The lowest BCUT2D eigenvalue weighted by molar-refractivity contribution is -0.425. The fourth-order valence-corrected chi connectivity index (χ4v) is 0.389. The van der Waals surface area contributed by atoms with Crippen LogP contribution in [0.2, 0.25) is 0 Å². The van der Waals surface area contributed by atoms with Crippen molar-refractivity contribution in [2.24, 2.45) is 0 Å². The van der Waals surface area contributed by atoms with Crippen molar-refractivity contribution < 1.29 is 35.5 Å². The van der Waals surface area contributed by atoms with Crippen LogP contribution in [0, 0.1) is 11.3 Å². The molecule has 1 atom stereocenters. The summed E-state index contributed by atoms with van der Waals surface area (Å²) in [6.07, 6.45) is -11.2. The highest BCUT2D eigenvalue weighted by atomic mass is 35.5. The topological polar surface area (TPSA) is 33.0 Å². The van der Waals surface area contributed by atoms with E-state index in [2.05, 4.69) is 16.3 Å². The predicted molar refractivity (Wildman–Crippen MR) is 32.3 cm³/mol. The molecule has 10 heteroatoms. The molecule has 0 aromatic carbocycles. The van der Waals surface area contributed by atoms with Gasteiger partial charge in [-0.05, 0) is 0 Å². The summed E-state index contributed by atoms with van der Waals surface area (Å²) in [5.41, 5.74) is -3.75. The molecule has 0 N–H and O–H groups in total. The molecule has 88 valence electrons. The molecule has 0 aliphatic rings. The van der Waals surface area contributed by atoms with Gasteiger partial charge in [0, 0.05) is 0 Å². The summed E-state index contributed by atoms with van der Waals surface area (Å²) in [6, 6.07) is -0.264. The molecule has 0 aliphatic carbocycles. The molecule has 0 aromatic heterocycles. The Morgan fingerprint density at radius 2 is 1.53 bits per heavy atom. The number of hydrogen-bond acceptors (Lipinski definition) is 2. The Morgan fingerprint density at radius 3 is 1.80 bits per heavy atom. The lowest BCUT2D eigenvalue weighted by Crippen LogP contribution is -2.48. The van der Waals surface area contributed by atoms with Crippen molar-refractivity contribution in [1.82, 2.24) is 0 Å². The highest BCUT2D eigenvalue weighted by molar-refractivity contribution is 6.20. The van der Waals surface area contributed by atoms with E-state index in [4.69, 9.17) is 5.26 Å². The molecular formula is C5HClF7NO. The minimum absolute atomic E-state index is 0.264. The zero-order valence-corrected chi connectivity index (χ0v) is 7.21. The second kappa shape index (κ2) is 4.02. The molecule has 0 saturated heterocycles. The van der Waals surface area contributed by atoms with E-state index in [0.717, 1.165) is 0 Å². The van der Waals surface area contributed by atoms with Crippen LogP contribution in [-0.2, 0) is 4.74 Å². The monoisotopic (exact) mass is 259 g/mol. The lowest BCUT2D eigenvalue weighted by atomic mass is 10.3. The smallest absolute Gasteiger partial charge is 0.246 e. The molecule has 2 nitrogen and oxygen atoms in total. The van der Waals surface area contributed by atoms with Crippen LogP contribution in [0.4, 0.5) is 30.7 Å². The molecule has 0 fully saturated rings. The molecular weight excluding hydrogens is 258 g/mol. The van der Waals surface area contributed by atoms with E-state index in [9.17, 15) is 30.7 Å². The number of rotatable bonds is 4. The van der Waals surface area contributed by atoms with Crippen molar-refractivity contribution in [3.8, 4) is 6.07 Å². The summed E-state index contributed by atoms with van der Waals surface area (Å²) in [5, 5.41) is 7.53. The molecule has 0 rings (SSSR count). The summed E-state index contributed by atoms with van der Waals surface area (Å²) in [7, 11) is 0. The van der Waals surface area contributed by atoms with Crippen LogP contribution in [-0.4, -0.2) is 23.8 Å². The van der Waals surface area contributed by atoms with Crippen molar-refractivity contribution in [3.05, 3.63) is 0 Å². The Morgan fingerprint density at radius 1 is 1.13 bits per heavy atom. The highest BCUT2D eigenvalue weighted by Gasteiger charge is 2.64. The maximum absolute atomic E-state index is 12.2. The highest BCUT2D eigenvalue weighted by Crippen LogP contribution is 2.41. The molecule has 0 amide bonds. The first-order valence-corrected chi connectivity index (χ1v) is 3.43. The van der Waals surface area contributed by atoms with E-state index < -0.39 is 23.8 Å². The second-order valence-corrected chi connectivity index (χ2v) is 2.55. The summed E-state index contributed by atoms with van der Waals surface area (Å²) in [5.74, 6) is -5.53. The third kappa shape index (κ3) is 3.10. The molecule has 0 heterocycles. The molecule has 0 bridgehead atoms. The molecule has 0 spiro atoms. The van der Waals surface area contributed by atoms with E-state index in [0.29, 0.717) is 0 Å². The Kier molecular flexibility index (Phi) is 3.82. The summed E-state index contributed by atoms with van der Waals surface area (Å²) < 4.78 is 86.3. The third-order valence-electron chi connectivity index (χ3n) is 1.02. The van der Waals surface area contributed by atoms with E-state index in [1.807, 2.05) is 0 Å². The average molecular weight is 260 g/mol. The van der Waals surface area contributed by atoms with Crippen molar-refractivity contribution in [3.63, 3.8) is 0 Å². The van der Waals surface area contributed by atoms with Gasteiger partial charge in [0.2, 0.25) is 0 Å². The van der Waals surface area contributed by atoms with Gasteiger partial charge in [-0.3, -0.25) is 0 Å². The zero-order valence-electron chi connectivity index (χ0n) is 6.46. The van der Waals surface area contributed by atoms with Crippen molar-refractivity contribution in [1.29, 1.82) is 5.26 Å². The summed E-state index contributed by atoms with van der Waals surface area (Å²) >= 11 is 4.07. The minimum atomic E-state index is -5.86. The van der Waals surface area contributed by atoms with Gasteiger partial charge in [0.25, 0.3) is 5.63 Å². The van der Waals surface area contributed by atoms with Crippen molar-refractivity contribution >= 4 is 11.6 Å². The van der Waals surface area contributed by atoms with Crippen LogP contribution in [0.1, 0.15) is 0 Å². The van der Waals surface area contributed by atoms with Gasteiger partial charge in [0.15, 0.2) is 0 Å². The minimum Gasteiger partial charge on any atom is -0.246 e. The van der Waals surface area contributed by atoms with Gasteiger partial charge >= 0.3 is 18.1 Å². The Hall–Kier alpha value is -0.750. The van der Waals surface area contributed by atoms with Crippen LogP contribution in [0.3, 0.4) is 0 Å². The van der Waals surface area contributed by atoms with Gasteiger partial charge in [0.05, 0.1) is 0 Å². The first-order valence-electron chi connectivity index (χ1n) is 2.99. The number of hydrogen-bond donors (Lipinski definition) is 0. The maximum Gasteiger partial charge on any atom is 0.438 e. The first-order chi connectivity index (χ1) is 6.46. The van der Waals surface area contributed by atoms with Crippen LogP contribution in [0.5, 0.6) is 0 Å². The van der Waals surface area contributed by atoms with Gasteiger partial charge < -0.3 is 0 Å². The Bertz CT molecular complexity index is 273. The molecule has 1 unspecified atom stereocenters. The number of ether oxygens (including phenoxy) is 1. The van der Waals surface area contributed by atoms with Crippen LogP contribution < -0.4 is 0 Å². The van der Waals surface area contributed by atoms with Crippen molar-refractivity contribution in [2.75, 3.05) is 0 Å². The summed E-state index contributed by atoms with van der Waals surface area (Å²) in [4.78, 5) is 0. The summed E-state index contributed by atoms with van der Waals surface area (Å²) in [6.45, 7) is 0. The lowest BCUT2D eigenvalue weighted by Gasteiger charge is -2.25. The van der Waals surface area contributed by atoms with Crippen molar-refractivity contribution in [2.45, 2.75) is 23.8 Å². The maximum atomic E-state index is 12.2. The predicted octanol–water partition coefficient (Wildman–Crippen LogP) is 2.88. The number of nitrogens with zero attached hydrogens (tertiary/aromatic N) is 1. The standard InChI is InChI=1S/C5HClF7NO/c6-2(7)4(10,11)15-5(12,13)3(8,9)1-14/h2H. The van der Waals surface area contributed by atoms with Gasteiger partial charge in [-0.1, -0.05) is 11.6 Å². The molecule has 0 saturated carbocycles. The van der Waals surface area contributed by atoms with Crippen LogP contribution in [0.25, 0.3) is 0 Å².